The molecule has 0 amide bonds. The van der Waals surface area contributed by atoms with Crippen LogP contribution in [0.5, 0.6) is 0 Å². The van der Waals surface area contributed by atoms with Crippen molar-refractivity contribution in [3.63, 3.8) is 0 Å². The van der Waals surface area contributed by atoms with Crippen molar-refractivity contribution in [1.29, 1.82) is 4.78 Å². The standard InChI is InChI=1S/C7H10N2OS/c1-11(9,10)7-4-2-6(8)3-5-7/h2-5,9H,8H2,1H3. The van der Waals surface area contributed by atoms with E-state index in [4.69, 9.17) is 10.5 Å². The molecule has 60 valence electrons. The van der Waals surface area contributed by atoms with Gasteiger partial charge >= 0.3 is 0 Å². The van der Waals surface area contributed by atoms with E-state index in [1.54, 1.807) is 24.3 Å². The van der Waals surface area contributed by atoms with Crippen LogP contribution in [-0.2, 0) is 9.73 Å². The van der Waals surface area contributed by atoms with Crippen LogP contribution >= 0.6 is 0 Å². The lowest BCUT2D eigenvalue weighted by atomic mass is 10.3. The van der Waals surface area contributed by atoms with Gasteiger partial charge in [0.2, 0.25) is 0 Å². The van der Waals surface area contributed by atoms with Crippen molar-refractivity contribution >= 4 is 15.4 Å². The van der Waals surface area contributed by atoms with Crippen LogP contribution in [0.1, 0.15) is 0 Å². The Kier molecular flexibility index (Phi) is 1.87. The SMILES string of the molecule is CS(=N)(=O)c1ccc(N)cc1. The lowest BCUT2D eigenvalue weighted by Gasteiger charge is -1.99. The number of benzene rings is 1. The molecule has 3 nitrogen and oxygen atoms in total. The average molecular weight is 170 g/mol. The van der Waals surface area contributed by atoms with Crippen LogP contribution in [0.15, 0.2) is 29.2 Å². The molecule has 0 radical (unpaired) electrons. The van der Waals surface area contributed by atoms with Gasteiger partial charge < -0.3 is 5.73 Å². The average Bonchev–Trinajstić information content (AvgIpc) is 1.86. The molecule has 0 aliphatic carbocycles. The molecule has 0 bridgehead atoms. The van der Waals surface area contributed by atoms with Crippen molar-refractivity contribution in [3.8, 4) is 0 Å². The van der Waals surface area contributed by atoms with E-state index < -0.39 is 9.73 Å². The second kappa shape index (κ2) is 2.54. The smallest absolute Gasteiger partial charge is 0.0696 e. The molecule has 11 heavy (non-hydrogen) atoms. The molecule has 1 unspecified atom stereocenters. The Labute approximate surface area is 66.2 Å². The van der Waals surface area contributed by atoms with Crippen LogP contribution < -0.4 is 5.73 Å². The summed E-state index contributed by atoms with van der Waals surface area (Å²) in [6.07, 6.45) is 1.39. The fourth-order valence-electron chi connectivity index (χ4n) is 0.728. The fraction of sp³-hybridized carbons (Fsp3) is 0.143. The Balaban J connectivity index is 3.20. The van der Waals surface area contributed by atoms with Crippen molar-refractivity contribution in [2.24, 2.45) is 0 Å². The van der Waals surface area contributed by atoms with Crippen LogP contribution in [0.4, 0.5) is 5.69 Å². The summed E-state index contributed by atoms with van der Waals surface area (Å²) < 4.78 is 18.4. The fourth-order valence-corrected chi connectivity index (χ4v) is 1.38. The van der Waals surface area contributed by atoms with Gasteiger partial charge in [-0.25, -0.2) is 8.99 Å². The van der Waals surface area contributed by atoms with Gasteiger partial charge in [-0.1, -0.05) is 0 Å². The van der Waals surface area contributed by atoms with Crippen LogP contribution in [0, 0.1) is 4.78 Å². The summed E-state index contributed by atoms with van der Waals surface area (Å²) in [4.78, 5) is 0.520. The number of anilines is 1. The number of nitrogens with two attached hydrogens (primary N) is 1. The van der Waals surface area contributed by atoms with Crippen LogP contribution in [0.25, 0.3) is 0 Å². The second-order valence-electron chi connectivity index (χ2n) is 2.41. The zero-order chi connectivity index (χ0) is 8.48. The molecule has 0 heterocycles. The molecule has 1 rings (SSSR count). The molecule has 0 aromatic heterocycles. The predicted molar refractivity (Wildman–Crippen MR) is 45.9 cm³/mol. The minimum Gasteiger partial charge on any atom is -0.399 e. The van der Waals surface area contributed by atoms with E-state index in [2.05, 4.69) is 0 Å². The lowest BCUT2D eigenvalue weighted by Crippen LogP contribution is -1.94. The van der Waals surface area contributed by atoms with Gasteiger partial charge in [-0.05, 0) is 24.3 Å². The Morgan fingerprint density at radius 1 is 1.36 bits per heavy atom. The lowest BCUT2D eigenvalue weighted by molar-refractivity contribution is 0.679. The van der Waals surface area contributed by atoms with E-state index in [9.17, 15) is 4.21 Å². The van der Waals surface area contributed by atoms with Gasteiger partial charge in [-0.15, -0.1) is 0 Å². The highest BCUT2D eigenvalue weighted by Crippen LogP contribution is 2.11. The van der Waals surface area contributed by atoms with Gasteiger partial charge in [-0.2, -0.15) is 0 Å². The van der Waals surface area contributed by atoms with E-state index >= 15 is 0 Å². The Hall–Kier alpha value is -1.03. The van der Waals surface area contributed by atoms with Crippen LogP contribution in [0.3, 0.4) is 0 Å². The van der Waals surface area contributed by atoms with Gasteiger partial charge in [0.15, 0.2) is 0 Å². The molecular weight excluding hydrogens is 160 g/mol. The molecule has 1 atom stereocenters. The van der Waals surface area contributed by atoms with E-state index in [1.807, 2.05) is 0 Å². The third kappa shape index (κ3) is 1.94. The van der Waals surface area contributed by atoms with Crippen molar-refractivity contribution < 1.29 is 4.21 Å². The maximum atomic E-state index is 11.1. The largest absolute Gasteiger partial charge is 0.399 e. The van der Waals surface area contributed by atoms with Crippen molar-refractivity contribution in [2.75, 3.05) is 12.0 Å². The monoisotopic (exact) mass is 170 g/mol. The van der Waals surface area contributed by atoms with E-state index in [0.717, 1.165) is 0 Å². The minimum atomic E-state index is -2.58. The van der Waals surface area contributed by atoms with E-state index in [0.29, 0.717) is 10.6 Å². The maximum Gasteiger partial charge on any atom is 0.0696 e. The van der Waals surface area contributed by atoms with Gasteiger partial charge in [0, 0.05) is 16.8 Å². The number of hydrogen-bond acceptors (Lipinski definition) is 3. The summed E-state index contributed by atoms with van der Waals surface area (Å²) >= 11 is 0. The number of nitrogens with one attached hydrogen (secondary N) is 1. The normalized spacial score (nSPS) is 15.7. The van der Waals surface area contributed by atoms with Gasteiger partial charge in [0.05, 0.1) is 9.73 Å². The third-order valence-corrected chi connectivity index (χ3v) is 2.50. The molecule has 0 spiro atoms. The first-order chi connectivity index (χ1) is 5.00. The van der Waals surface area contributed by atoms with Gasteiger partial charge in [0.25, 0.3) is 0 Å². The van der Waals surface area contributed by atoms with Gasteiger partial charge in [0.1, 0.15) is 0 Å². The van der Waals surface area contributed by atoms with Gasteiger partial charge in [-0.3, -0.25) is 0 Å². The highest BCUT2D eigenvalue weighted by molar-refractivity contribution is 7.91. The third-order valence-electron chi connectivity index (χ3n) is 1.33. The Morgan fingerprint density at radius 3 is 2.18 bits per heavy atom. The number of nitrogen functional groups attached to an aromatic ring is 1. The first-order valence-electron chi connectivity index (χ1n) is 3.09. The first kappa shape index (κ1) is 8.07. The molecule has 0 saturated heterocycles. The number of hydrogen-bond donors (Lipinski definition) is 2. The summed E-state index contributed by atoms with van der Waals surface area (Å²) in [7, 11) is -2.58. The molecule has 0 fully saturated rings. The topological polar surface area (TPSA) is 66.9 Å². The highest BCUT2D eigenvalue weighted by Gasteiger charge is 2.00. The molecule has 0 aliphatic heterocycles. The summed E-state index contributed by atoms with van der Waals surface area (Å²) in [5.74, 6) is 0. The quantitative estimate of drug-likeness (QED) is 0.624. The molecule has 3 N–H and O–H groups in total. The number of rotatable bonds is 1. The van der Waals surface area contributed by atoms with E-state index in [-0.39, 0.29) is 0 Å². The van der Waals surface area contributed by atoms with E-state index in [1.165, 1.54) is 6.26 Å². The Bertz CT molecular complexity index is 339. The molecule has 1 aromatic carbocycles. The molecule has 0 aliphatic rings. The zero-order valence-electron chi connectivity index (χ0n) is 6.20. The summed E-state index contributed by atoms with van der Waals surface area (Å²) in [6.45, 7) is 0. The van der Waals surface area contributed by atoms with Crippen LogP contribution in [-0.4, -0.2) is 10.5 Å². The van der Waals surface area contributed by atoms with Crippen LogP contribution in [0.2, 0.25) is 0 Å². The zero-order valence-corrected chi connectivity index (χ0v) is 7.02. The highest BCUT2D eigenvalue weighted by atomic mass is 32.2. The second-order valence-corrected chi connectivity index (χ2v) is 4.57. The molecular formula is C7H10N2OS. The van der Waals surface area contributed by atoms with Crippen molar-refractivity contribution in [2.45, 2.75) is 4.90 Å². The summed E-state index contributed by atoms with van der Waals surface area (Å²) in [5, 5.41) is 0. The predicted octanol–water partition coefficient (Wildman–Crippen LogP) is 1.30. The Morgan fingerprint density at radius 2 is 1.82 bits per heavy atom. The minimum absolute atomic E-state index is 0.520. The summed E-state index contributed by atoms with van der Waals surface area (Å²) in [5.41, 5.74) is 6.04. The van der Waals surface area contributed by atoms with Crippen molar-refractivity contribution in [3.05, 3.63) is 24.3 Å². The molecule has 4 heteroatoms. The summed E-state index contributed by atoms with van der Waals surface area (Å²) in [6, 6.07) is 6.52. The first-order valence-corrected chi connectivity index (χ1v) is 5.06. The molecule has 0 saturated carbocycles. The maximum absolute atomic E-state index is 11.1. The molecule has 1 aromatic rings. The van der Waals surface area contributed by atoms with Crippen molar-refractivity contribution in [1.82, 2.24) is 0 Å².